The van der Waals surface area contributed by atoms with Gasteiger partial charge in [-0.2, -0.15) is 0 Å². The first-order chi connectivity index (χ1) is 8.62. The first kappa shape index (κ1) is 15.1. The van der Waals surface area contributed by atoms with Gasteiger partial charge in [0.1, 0.15) is 0 Å². The molecule has 0 saturated heterocycles. The Kier molecular flexibility index (Phi) is 6.22. The summed E-state index contributed by atoms with van der Waals surface area (Å²) in [6, 6.07) is 4.31. The van der Waals surface area contributed by atoms with Crippen LogP contribution in [-0.2, 0) is 6.54 Å². The number of methoxy groups -OCH3 is 2. The predicted molar refractivity (Wildman–Crippen MR) is 78.4 cm³/mol. The average molecular weight is 314 g/mol. The molecule has 1 aromatic rings. The fraction of sp³-hybridized carbons (Fsp3) is 0.429. The Morgan fingerprint density at radius 2 is 1.94 bits per heavy atom. The Balaban J connectivity index is 2.79. The largest absolute Gasteiger partial charge is 0.493 e. The average Bonchev–Trinajstić information content (AvgIpc) is 2.37. The molecule has 1 aromatic carbocycles. The number of nitrogens with one attached hydrogen (secondary N) is 1. The van der Waals surface area contributed by atoms with E-state index in [0.29, 0.717) is 6.04 Å². The molecule has 0 aliphatic carbocycles. The summed E-state index contributed by atoms with van der Waals surface area (Å²) in [5.41, 5.74) is 1.14. The molecule has 3 nitrogen and oxygen atoms in total. The lowest BCUT2D eigenvalue weighted by Crippen LogP contribution is -2.24. The molecule has 0 aliphatic rings. The van der Waals surface area contributed by atoms with Crippen LogP contribution in [0.15, 0.2) is 29.3 Å². The van der Waals surface area contributed by atoms with Crippen molar-refractivity contribution in [3.63, 3.8) is 0 Å². The van der Waals surface area contributed by atoms with Gasteiger partial charge in [0.15, 0.2) is 11.5 Å². The summed E-state index contributed by atoms with van der Waals surface area (Å²) >= 11 is 3.54. The first-order valence-electron chi connectivity index (χ1n) is 5.87. The summed E-state index contributed by atoms with van der Waals surface area (Å²) in [6.07, 6.45) is 2.87. The highest BCUT2D eigenvalue weighted by Crippen LogP contribution is 2.33. The smallest absolute Gasteiger partial charge is 0.161 e. The lowest BCUT2D eigenvalue weighted by atomic mass is 10.1. The van der Waals surface area contributed by atoms with Crippen molar-refractivity contribution in [2.45, 2.75) is 25.9 Å². The van der Waals surface area contributed by atoms with Gasteiger partial charge >= 0.3 is 0 Å². The molecule has 0 heterocycles. The van der Waals surface area contributed by atoms with E-state index in [9.17, 15) is 0 Å². The van der Waals surface area contributed by atoms with Crippen molar-refractivity contribution in [1.29, 1.82) is 0 Å². The Hall–Kier alpha value is -1.00. The third-order valence-electron chi connectivity index (χ3n) is 2.71. The highest BCUT2D eigenvalue weighted by atomic mass is 79.9. The second kappa shape index (κ2) is 7.44. The second-order valence-electron chi connectivity index (χ2n) is 4.10. The maximum absolute atomic E-state index is 5.30. The fourth-order valence-corrected chi connectivity index (χ4v) is 2.11. The van der Waals surface area contributed by atoms with Crippen LogP contribution in [0.5, 0.6) is 11.5 Å². The molecule has 0 bridgehead atoms. The summed E-state index contributed by atoms with van der Waals surface area (Å²) in [4.78, 5) is 0. The Morgan fingerprint density at radius 1 is 1.33 bits per heavy atom. The van der Waals surface area contributed by atoms with Gasteiger partial charge in [-0.15, -0.1) is 6.58 Å². The van der Waals surface area contributed by atoms with Crippen molar-refractivity contribution >= 4 is 15.9 Å². The van der Waals surface area contributed by atoms with E-state index in [1.54, 1.807) is 14.2 Å². The minimum atomic E-state index is 0.405. The molecule has 0 amide bonds. The van der Waals surface area contributed by atoms with Gasteiger partial charge in [0.05, 0.1) is 14.2 Å². The molecule has 1 atom stereocenters. The van der Waals surface area contributed by atoms with Gasteiger partial charge in [0.2, 0.25) is 0 Å². The maximum Gasteiger partial charge on any atom is 0.161 e. The van der Waals surface area contributed by atoms with Gasteiger partial charge in [-0.1, -0.05) is 22.0 Å². The topological polar surface area (TPSA) is 30.5 Å². The van der Waals surface area contributed by atoms with Crippen molar-refractivity contribution in [3.8, 4) is 11.5 Å². The summed E-state index contributed by atoms with van der Waals surface area (Å²) in [7, 11) is 3.28. The molecule has 1 unspecified atom stereocenters. The number of rotatable bonds is 7. The number of ether oxygens (including phenoxy) is 2. The zero-order valence-corrected chi connectivity index (χ0v) is 12.7. The van der Waals surface area contributed by atoms with E-state index in [0.717, 1.165) is 34.5 Å². The van der Waals surface area contributed by atoms with Gasteiger partial charge in [-0.25, -0.2) is 0 Å². The van der Waals surface area contributed by atoms with E-state index in [2.05, 4.69) is 34.7 Å². The molecule has 4 heteroatoms. The molecule has 0 radical (unpaired) electrons. The summed E-state index contributed by atoms with van der Waals surface area (Å²) in [5, 5.41) is 3.43. The number of halogens is 1. The number of hydrogen-bond donors (Lipinski definition) is 1. The van der Waals surface area contributed by atoms with E-state index < -0.39 is 0 Å². The Labute approximate surface area is 117 Å². The SMILES string of the molecule is C=CCC(C)NCc1cc(OC)c(OC)cc1Br. The Bertz CT molecular complexity index is 407. The normalized spacial score (nSPS) is 12.0. The van der Waals surface area contributed by atoms with Gasteiger partial charge in [0.25, 0.3) is 0 Å². The van der Waals surface area contributed by atoms with Gasteiger partial charge < -0.3 is 14.8 Å². The molecule has 1 N–H and O–H groups in total. The molecule has 0 aromatic heterocycles. The van der Waals surface area contributed by atoms with Gasteiger partial charge in [0, 0.05) is 17.1 Å². The lowest BCUT2D eigenvalue weighted by molar-refractivity contribution is 0.354. The van der Waals surface area contributed by atoms with Gasteiger partial charge in [-0.05, 0) is 31.0 Å². The molecule has 100 valence electrons. The number of benzene rings is 1. The summed E-state index contributed by atoms with van der Waals surface area (Å²) in [5.74, 6) is 1.47. The Morgan fingerprint density at radius 3 is 2.50 bits per heavy atom. The van der Waals surface area contributed by atoms with E-state index in [1.807, 2.05) is 18.2 Å². The molecular formula is C14H20BrNO2. The van der Waals surface area contributed by atoms with Crippen molar-refractivity contribution in [2.75, 3.05) is 14.2 Å². The molecule has 18 heavy (non-hydrogen) atoms. The lowest BCUT2D eigenvalue weighted by Gasteiger charge is -2.15. The van der Waals surface area contributed by atoms with Crippen LogP contribution in [0.2, 0.25) is 0 Å². The summed E-state index contributed by atoms with van der Waals surface area (Å²) in [6.45, 7) is 6.65. The molecule has 0 spiro atoms. The van der Waals surface area contributed by atoms with Crippen LogP contribution < -0.4 is 14.8 Å². The van der Waals surface area contributed by atoms with E-state index in [-0.39, 0.29) is 0 Å². The van der Waals surface area contributed by atoms with Gasteiger partial charge in [-0.3, -0.25) is 0 Å². The third kappa shape index (κ3) is 4.03. The van der Waals surface area contributed by atoms with Crippen LogP contribution in [0.25, 0.3) is 0 Å². The van der Waals surface area contributed by atoms with Crippen LogP contribution in [0, 0.1) is 0 Å². The van der Waals surface area contributed by atoms with Crippen LogP contribution in [0.3, 0.4) is 0 Å². The highest BCUT2D eigenvalue weighted by molar-refractivity contribution is 9.10. The predicted octanol–water partition coefficient (Wildman–Crippen LogP) is 3.52. The van der Waals surface area contributed by atoms with Crippen LogP contribution in [0.1, 0.15) is 18.9 Å². The van der Waals surface area contributed by atoms with Crippen molar-refractivity contribution in [1.82, 2.24) is 5.32 Å². The second-order valence-corrected chi connectivity index (χ2v) is 4.96. The minimum absolute atomic E-state index is 0.405. The fourth-order valence-electron chi connectivity index (χ4n) is 1.65. The van der Waals surface area contributed by atoms with E-state index in [1.165, 1.54) is 0 Å². The zero-order chi connectivity index (χ0) is 13.5. The minimum Gasteiger partial charge on any atom is -0.493 e. The molecular weight excluding hydrogens is 294 g/mol. The third-order valence-corrected chi connectivity index (χ3v) is 3.45. The molecule has 1 rings (SSSR count). The summed E-state index contributed by atoms with van der Waals surface area (Å²) < 4.78 is 11.6. The first-order valence-corrected chi connectivity index (χ1v) is 6.66. The van der Waals surface area contributed by atoms with Crippen molar-refractivity contribution in [2.24, 2.45) is 0 Å². The monoisotopic (exact) mass is 313 g/mol. The van der Waals surface area contributed by atoms with Crippen LogP contribution in [-0.4, -0.2) is 20.3 Å². The molecule has 0 saturated carbocycles. The zero-order valence-electron chi connectivity index (χ0n) is 11.1. The van der Waals surface area contributed by atoms with Crippen LogP contribution >= 0.6 is 15.9 Å². The molecule has 0 aliphatic heterocycles. The van der Waals surface area contributed by atoms with Crippen molar-refractivity contribution in [3.05, 3.63) is 34.8 Å². The standard InChI is InChI=1S/C14H20BrNO2/c1-5-6-10(2)16-9-11-7-13(17-3)14(18-4)8-12(11)15/h5,7-8,10,16H,1,6,9H2,2-4H3. The highest BCUT2D eigenvalue weighted by Gasteiger charge is 2.10. The quantitative estimate of drug-likeness (QED) is 0.781. The maximum atomic E-state index is 5.30. The number of hydrogen-bond acceptors (Lipinski definition) is 3. The van der Waals surface area contributed by atoms with Crippen LogP contribution in [0.4, 0.5) is 0 Å². The van der Waals surface area contributed by atoms with E-state index >= 15 is 0 Å². The molecule has 0 fully saturated rings. The van der Waals surface area contributed by atoms with E-state index in [4.69, 9.17) is 9.47 Å². The van der Waals surface area contributed by atoms with Crippen molar-refractivity contribution < 1.29 is 9.47 Å².